The van der Waals surface area contributed by atoms with E-state index in [2.05, 4.69) is 16.9 Å². The molecule has 1 atom stereocenters. The molecule has 1 saturated heterocycles. The normalized spacial score (nSPS) is 19.4. The van der Waals surface area contributed by atoms with Gasteiger partial charge in [-0.25, -0.2) is 9.59 Å². The molecule has 0 radical (unpaired) electrons. The lowest BCUT2D eigenvalue weighted by atomic mass is 10.0. The summed E-state index contributed by atoms with van der Waals surface area (Å²) in [6.07, 6.45) is -0.277. The van der Waals surface area contributed by atoms with Crippen LogP contribution in [0.3, 0.4) is 0 Å². The number of piperazine rings is 1. The lowest BCUT2D eigenvalue weighted by Crippen LogP contribution is -2.50. The third-order valence-corrected chi connectivity index (χ3v) is 4.61. The molecule has 0 aliphatic carbocycles. The zero-order valence-electron chi connectivity index (χ0n) is 15.5. The third-order valence-electron chi connectivity index (χ3n) is 4.61. The van der Waals surface area contributed by atoms with Crippen molar-refractivity contribution < 1.29 is 9.53 Å². The van der Waals surface area contributed by atoms with Crippen molar-refractivity contribution in [2.24, 2.45) is 7.05 Å². The maximum Gasteiger partial charge on any atom is 0.410 e. The number of carbonyl (C=O) groups is 1. The number of aromatic amines is 1. The number of likely N-dealkylation sites (N-methyl/N-ethyl adjacent to an activating group) is 1. The second-order valence-corrected chi connectivity index (χ2v) is 7.69. The fourth-order valence-electron chi connectivity index (χ4n) is 3.17. The van der Waals surface area contributed by atoms with Gasteiger partial charge in [0.1, 0.15) is 5.60 Å². The third kappa shape index (κ3) is 3.56. The van der Waals surface area contributed by atoms with E-state index < -0.39 is 5.60 Å². The zero-order valence-corrected chi connectivity index (χ0v) is 15.5. The quantitative estimate of drug-likeness (QED) is 0.858. The highest BCUT2D eigenvalue weighted by Gasteiger charge is 2.31. The van der Waals surface area contributed by atoms with Gasteiger partial charge in [-0.1, -0.05) is 6.07 Å². The number of aryl methyl sites for hydroxylation is 1. The molecule has 2 heterocycles. The summed E-state index contributed by atoms with van der Waals surface area (Å²) in [5.74, 6) is 0. The number of amides is 1. The molecule has 7 nitrogen and oxygen atoms in total. The summed E-state index contributed by atoms with van der Waals surface area (Å²) < 4.78 is 7.11. The van der Waals surface area contributed by atoms with Gasteiger partial charge < -0.3 is 14.6 Å². The summed E-state index contributed by atoms with van der Waals surface area (Å²) >= 11 is 0. The van der Waals surface area contributed by atoms with Gasteiger partial charge in [-0.05, 0) is 45.5 Å². The zero-order chi connectivity index (χ0) is 18.4. The van der Waals surface area contributed by atoms with Crippen LogP contribution in [-0.2, 0) is 11.8 Å². The van der Waals surface area contributed by atoms with Gasteiger partial charge in [0.05, 0.1) is 17.1 Å². The van der Waals surface area contributed by atoms with Crippen LogP contribution in [0.15, 0.2) is 23.0 Å². The van der Waals surface area contributed by atoms with Crippen molar-refractivity contribution in [3.8, 4) is 0 Å². The molecule has 1 amide bonds. The molecular formula is C18H26N4O3. The van der Waals surface area contributed by atoms with Crippen LogP contribution in [0.4, 0.5) is 4.79 Å². The minimum Gasteiger partial charge on any atom is -0.444 e. The average Bonchev–Trinajstić information content (AvgIpc) is 2.80. The van der Waals surface area contributed by atoms with E-state index in [1.165, 1.54) is 0 Å². The van der Waals surface area contributed by atoms with Crippen molar-refractivity contribution in [1.29, 1.82) is 0 Å². The van der Waals surface area contributed by atoms with E-state index in [4.69, 9.17) is 4.74 Å². The van der Waals surface area contributed by atoms with Crippen LogP contribution in [0.1, 0.15) is 32.4 Å². The predicted molar refractivity (Wildman–Crippen MR) is 96.7 cm³/mol. The smallest absolute Gasteiger partial charge is 0.410 e. The Morgan fingerprint density at radius 3 is 2.64 bits per heavy atom. The van der Waals surface area contributed by atoms with Crippen molar-refractivity contribution in [2.45, 2.75) is 32.4 Å². The fourth-order valence-corrected chi connectivity index (χ4v) is 3.17. The molecule has 25 heavy (non-hydrogen) atoms. The van der Waals surface area contributed by atoms with Gasteiger partial charge in [-0.2, -0.15) is 0 Å². The van der Waals surface area contributed by atoms with Gasteiger partial charge in [0.25, 0.3) is 0 Å². The molecule has 3 rings (SSSR count). The van der Waals surface area contributed by atoms with Gasteiger partial charge in [0, 0.05) is 26.7 Å². The van der Waals surface area contributed by atoms with Crippen LogP contribution in [0.5, 0.6) is 0 Å². The predicted octanol–water partition coefficient (Wildman–Crippen LogP) is 2.09. The summed E-state index contributed by atoms with van der Waals surface area (Å²) in [4.78, 5) is 31.0. The average molecular weight is 346 g/mol. The first-order chi connectivity index (χ1) is 11.7. The Labute approximate surface area is 147 Å². The van der Waals surface area contributed by atoms with E-state index in [0.717, 1.165) is 23.1 Å². The molecule has 1 aromatic heterocycles. The molecule has 136 valence electrons. The topological polar surface area (TPSA) is 70.6 Å². The molecule has 1 aromatic carbocycles. The van der Waals surface area contributed by atoms with E-state index in [9.17, 15) is 9.59 Å². The number of benzene rings is 1. The number of rotatable bonds is 1. The molecule has 1 unspecified atom stereocenters. The van der Waals surface area contributed by atoms with Gasteiger partial charge in [-0.15, -0.1) is 0 Å². The summed E-state index contributed by atoms with van der Waals surface area (Å²) in [5, 5.41) is 0. The number of nitrogens with one attached hydrogen (secondary N) is 1. The molecule has 7 heteroatoms. The fraction of sp³-hybridized carbons (Fsp3) is 0.556. The lowest BCUT2D eigenvalue weighted by Gasteiger charge is -2.40. The summed E-state index contributed by atoms with van der Waals surface area (Å²) in [7, 11) is 3.81. The van der Waals surface area contributed by atoms with Crippen LogP contribution >= 0.6 is 0 Å². The second kappa shape index (κ2) is 6.22. The SMILES string of the molecule is CN1CCN(C(=O)OC(C)(C)C)CC1c1ccc2[nH]c(=O)n(C)c2c1. The number of H-pyrrole nitrogens is 1. The largest absolute Gasteiger partial charge is 0.444 e. The van der Waals surface area contributed by atoms with E-state index >= 15 is 0 Å². The molecule has 0 saturated carbocycles. The van der Waals surface area contributed by atoms with Crippen LogP contribution < -0.4 is 5.69 Å². The lowest BCUT2D eigenvalue weighted by molar-refractivity contribution is 0.00740. The second-order valence-electron chi connectivity index (χ2n) is 7.69. The monoisotopic (exact) mass is 346 g/mol. The Kier molecular flexibility index (Phi) is 4.36. The van der Waals surface area contributed by atoms with E-state index in [-0.39, 0.29) is 17.8 Å². The Morgan fingerprint density at radius 1 is 1.24 bits per heavy atom. The first kappa shape index (κ1) is 17.5. The summed E-state index contributed by atoms with van der Waals surface area (Å²) in [6, 6.07) is 6.02. The van der Waals surface area contributed by atoms with Gasteiger partial charge >= 0.3 is 11.8 Å². The summed E-state index contributed by atoms with van der Waals surface area (Å²) in [6.45, 7) is 7.60. The Bertz CT molecular complexity index is 846. The number of imidazole rings is 1. The van der Waals surface area contributed by atoms with Gasteiger partial charge in [-0.3, -0.25) is 9.47 Å². The molecule has 1 aliphatic heterocycles. The first-order valence-corrected chi connectivity index (χ1v) is 8.52. The number of aromatic nitrogens is 2. The van der Waals surface area contributed by atoms with E-state index in [0.29, 0.717) is 13.1 Å². The molecule has 1 N–H and O–H groups in total. The molecule has 1 fully saturated rings. The van der Waals surface area contributed by atoms with Crippen molar-refractivity contribution in [3.63, 3.8) is 0 Å². The Hall–Kier alpha value is -2.28. The standard InChI is InChI=1S/C18H26N4O3/c1-18(2,3)25-17(24)22-9-8-20(4)15(11-22)12-6-7-13-14(10-12)21(5)16(23)19-13/h6-7,10,15H,8-9,11H2,1-5H3,(H,19,23). The van der Waals surface area contributed by atoms with Crippen molar-refractivity contribution in [2.75, 3.05) is 26.7 Å². The van der Waals surface area contributed by atoms with Crippen LogP contribution in [0, 0.1) is 0 Å². The van der Waals surface area contributed by atoms with Crippen molar-refractivity contribution in [1.82, 2.24) is 19.4 Å². The van der Waals surface area contributed by atoms with Crippen molar-refractivity contribution in [3.05, 3.63) is 34.2 Å². The maximum atomic E-state index is 12.4. The number of ether oxygens (including phenoxy) is 1. The minimum absolute atomic E-state index is 0.0654. The Morgan fingerprint density at radius 2 is 1.96 bits per heavy atom. The molecular weight excluding hydrogens is 320 g/mol. The number of hydrogen-bond donors (Lipinski definition) is 1. The maximum absolute atomic E-state index is 12.4. The van der Waals surface area contributed by atoms with Crippen LogP contribution in [0.25, 0.3) is 11.0 Å². The first-order valence-electron chi connectivity index (χ1n) is 8.52. The van der Waals surface area contributed by atoms with Crippen molar-refractivity contribution >= 4 is 17.1 Å². The molecule has 1 aliphatic rings. The highest BCUT2D eigenvalue weighted by Crippen LogP contribution is 2.27. The number of hydrogen-bond acceptors (Lipinski definition) is 4. The minimum atomic E-state index is -0.502. The highest BCUT2D eigenvalue weighted by molar-refractivity contribution is 5.76. The van der Waals surface area contributed by atoms with Gasteiger partial charge in [0.2, 0.25) is 0 Å². The Balaban J connectivity index is 1.86. The van der Waals surface area contributed by atoms with E-state index in [1.807, 2.05) is 39.0 Å². The summed E-state index contributed by atoms with van der Waals surface area (Å²) in [5.41, 5.74) is 2.14. The van der Waals surface area contributed by atoms with E-state index in [1.54, 1.807) is 16.5 Å². The number of carbonyl (C=O) groups excluding carboxylic acids is 1. The highest BCUT2D eigenvalue weighted by atomic mass is 16.6. The number of nitrogens with zero attached hydrogens (tertiary/aromatic N) is 3. The molecule has 0 spiro atoms. The van der Waals surface area contributed by atoms with Gasteiger partial charge in [0.15, 0.2) is 0 Å². The molecule has 2 aromatic rings. The molecule has 0 bridgehead atoms. The number of fused-ring (bicyclic) bond motifs is 1. The van der Waals surface area contributed by atoms with Crippen LogP contribution in [-0.4, -0.2) is 57.7 Å². The van der Waals surface area contributed by atoms with Crippen LogP contribution in [0.2, 0.25) is 0 Å².